The molecule has 132 valence electrons. The molecule has 0 aliphatic heterocycles. The molecule has 0 unspecified atom stereocenters. The molecular weight excluding hydrogens is 349 g/mol. The second-order valence-electron chi connectivity index (χ2n) is 4.77. The number of hydrogen-bond donors (Lipinski definition) is 1. The van der Waals surface area contributed by atoms with Crippen LogP contribution in [-0.4, -0.2) is 37.3 Å². The molecule has 2 aromatic heterocycles. The number of rotatable bonds is 4. The molecule has 2 heterocycles. The van der Waals surface area contributed by atoms with Gasteiger partial charge in [-0.3, -0.25) is 4.98 Å². The third-order valence-corrected chi connectivity index (χ3v) is 2.97. The molecule has 0 bridgehead atoms. The lowest BCUT2D eigenvalue weighted by Gasteiger charge is -2.25. The summed E-state index contributed by atoms with van der Waals surface area (Å²) >= 11 is 0. The van der Waals surface area contributed by atoms with Crippen LogP contribution in [0.25, 0.3) is 0 Å². The van der Waals surface area contributed by atoms with Crippen LogP contribution in [-0.2, 0) is 12.5 Å². The molecule has 0 atom stereocenters. The standard InChI is InChI=1S/C11H9F7N6/c1-5-7(19)3-2-6(20-5)4-24-22-8(21-23-24)9(12,13)10(14,15)11(16,17)18/h2-3H,4,19H2,1H3. The number of hydrogen-bond acceptors (Lipinski definition) is 5. The lowest BCUT2D eigenvalue weighted by molar-refractivity contribution is -0.361. The Labute approximate surface area is 129 Å². The molecule has 2 N–H and O–H groups in total. The summed E-state index contributed by atoms with van der Waals surface area (Å²) in [6.07, 6.45) is -6.47. The number of alkyl halides is 7. The first kappa shape index (κ1) is 17.9. The van der Waals surface area contributed by atoms with Crippen LogP contribution < -0.4 is 5.73 Å². The molecule has 13 heteroatoms. The Morgan fingerprint density at radius 2 is 1.71 bits per heavy atom. The van der Waals surface area contributed by atoms with E-state index >= 15 is 0 Å². The molecule has 0 aromatic carbocycles. The van der Waals surface area contributed by atoms with Crippen LogP contribution in [0.4, 0.5) is 36.4 Å². The van der Waals surface area contributed by atoms with E-state index in [0.717, 1.165) is 0 Å². The van der Waals surface area contributed by atoms with Crippen LogP contribution >= 0.6 is 0 Å². The van der Waals surface area contributed by atoms with Crippen molar-refractivity contribution >= 4 is 5.69 Å². The van der Waals surface area contributed by atoms with Gasteiger partial charge in [0.1, 0.15) is 6.54 Å². The highest BCUT2D eigenvalue weighted by Crippen LogP contribution is 2.50. The maximum Gasteiger partial charge on any atom is 0.460 e. The van der Waals surface area contributed by atoms with Gasteiger partial charge in [0.25, 0.3) is 5.82 Å². The molecule has 0 amide bonds. The SMILES string of the molecule is Cc1nc(Cn2nnc(C(F)(F)C(F)(F)C(F)(F)F)n2)ccc1N. The topological polar surface area (TPSA) is 82.5 Å². The zero-order valence-electron chi connectivity index (χ0n) is 11.8. The number of halogens is 7. The van der Waals surface area contributed by atoms with Gasteiger partial charge in [-0.05, 0) is 24.3 Å². The van der Waals surface area contributed by atoms with Gasteiger partial charge in [-0.2, -0.15) is 35.5 Å². The highest BCUT2D eigenvalue weighted by atomic mass is 19.4. The van der Waals surface area contributed by atoms with Gasteiger partial charge in [0, 0.05) is 0 Å². The molecule has 0 saturated carbocycles. The number of nitrogen functional groups attached to an aromatic ring is 1. The fourth-order valence-electron chi connectivity index (χ4n) is 1.61. The van der Waals surface area contributed by atoms with Crippen LogP contribution in [0.1, 0.15) is 17.2 Å². The first-order valence-corrected chi connectivity index (χ1v) is 6.19. The number of nitrogens with two attached hydrogens (primary N) is 1. The molecule has 0 saturated heterocycles. The summed E-state index contributed by atoms with van der Waals surface area (Å²) in [6.45, 7) is 1.18. The number of tetrazole rings is 1. The molecule has 0 aliphatic rings. The van der Waals surface area contributed by atoms with Crippen molar-refractivity contribution in [2.24, 2.45) is 0 Å². The third kappa shape index (κ3) is 2.97. The molecular formula is C11H9F7N6. The zero-order valence-corrected chi connectivity index (χ0v) is 11.8. The van der Waals surface area contributed by atoms with E-state index in [0.29, 0.717) is 16.2 Å². The summed E-state index contributed by atoms with van der Waals surface area (Å²) < 4.78 is 89.0. The number of aryl methyl sites for hydroxylation is 1. The van der Waals surface area contributed by atoms with E-state index in [4.69, 9.17) is 5.73 Å². The Balaban J connectivity index is 2.28. The summed E-state index contributed by atoms with van der Waals surface area (Å²) in [5, 5.41) is 8.55. The minimum absolute atomic E-state index is 0.219. The van der Waals surface area contributed by atoms with E-state index in [1.165, 1.54) is 12.1 Å². The number of anilines is 1. The van der Waals surface area contributed by atoms with Gasteiger partial charge >= 0.3 is 18.0 Å². The normalized spacial score (nSPS) is 13.3. The van der Waals surface area contributed by atoms with E-state index in [1.54, 1.807) is 6.92 Å². The van der Waals surface area contributed by atoms with Crippen LogP contribution in [0.15, 0.2) is 12.1 Å². The summed E-state index contributed by atoms with van der Waals surface area (Å²) in [6, 6.07) is 2.83. The zero-order chi connectivity index (χ0) is 18.3. The molecule has 2 aromatic rings. The van der Waals surface area contributed by atoms with Crippen molar-refractivity contribution in [3.8, 4) is 0 Å². The first-order chi connectivity index (χ1) is 10.9. The molecule has 2 rings (SSSR count). The highest BCUT2D eigenvalue weighted by Gasteiger charge is 2.75. The average Bonchev–Trinajstić information content (AvgIpc) is 2.90. The van der Waals surface area contributed by atoms with Crippen molar-refractivity contribution in [3.63, 3.8) is 0 Å². The molecule has 6 nitrogen and oxygen atoms in total. The Morgan fingerprint density at radius 1 is 1.08 bits per heavy atom. The van der Waals surface area contributed by atoms with E-state index < -0.39 is 23.8 Å². The second kappa shape index (κ2) is 5.56. The van der Waals surface area contributed by atoms with Gasteiger partial charge in [0.05, 0.1) is 17.1 Å². The molecule has 24 heavy (non-hydrogen) atoms. The highest BCUT2D eigenvalue weighted by molar-refractivity contribution is 5.42. The summed E-state index contributed by atoms with van der Waals surface area (Å²) in [7, 11) is 0. The van der Waals surface area contributed by atoms with E-state index in [1.807, 2.05) is 0 Å². The van der Waals surface area contributed by atoms with E-state index in [-0.39, 0.29) is 12.2 Å². The summed E-state index contributed by atoms with van der Waals surface area (Å²) in [5.41, 5.74) is 6.50. The minimum Gasteiger partial charge on any atom is -0.397 e. The van der Waals surface area contributed by atoms with Gasteiger partial charge in [-0.25, -0.2) is 0 Å². The average molecular weight is 358 g/mol. The molecule has 0 fully saturated rings. The van der Waals surface area contributed by atoms with Crippen LogP contribution in [0, 0.1) is 6.92 Å². The second-order valence-corrected chi connectivity index (χ2v) is 4.77. The van der Waals surface area contributed by atoms with Gasteiger partial charge in [-0.1, -0.05) is 0 Å². The van der Waals surface area contributed by atoms with Gasteiger partial charge < -0.3 is 5.73 Å². The predicted molar refractivity (Wildman–Crippen MR) is 65.2 cm³/mol. The smallest absolute Gasteiger partial charge is 0.397 e. The fraction of sp³-hybridized carbons (Fsp3) is 0.455. The molecule has 0 radical (unpaired) electrons. The Kier molecular flexibility index (Phi) is 4.14. The lowest BCUT2D eigenvalue weighted by atomic mass is 10.1. The maximum absolute atomic E-state index is 13.4. The minimum atomic E-state index is -6.47. The van der Waals surface area contributed by atoms with Crippen molar-refractivity contribution in [2.75, 3.05) is 5.73 Å². The third-order valence-electron chi connectivity index (χ3n) is 2.97. The van der Waals surface area contributed by atoms with E-state index in [9.17, 15) is 30.7 Å². The van der Waals surface area contributed by atoms with Crippen molar-refractivity contribution in [3.05, 3.63) is 29.3 Å². The number of pyridine rings is 1. The van der Waals surface area contributed by atoms with Crippen molar-refractivity contribution in [1.29, 1.82) is 0 Å². The van der Waals surface area contributed by atoms with Crippen LogP contribution in [0.5, 0.6) is 0 Å². The van der Waals surface area contributed by atoms with Crippen LogP contribution in [0.2, 0.25) is 0 Å². The quantitative estimate of drug-likeness (QED) is 0.848. The van der Waals surface area contributed by atoms with E-state index in [2.05, 4.69) is 20.4 Å². The van der Waals surface area contributed by atoms with Gasteiger partial charge in [0.15, 0.2) is 0 Å². The monoisotopic (exact) mass is 358 g/mol. The maximum atomic E-state index is 13.4. The first-order valence-electron chi connectivity index (χ1n) is 6.19. The molecule has 0 aliphatic carbocycles. The Bertz CT molecular complexity index is 739. The van der Waals surface area contributed by atoms with Crippen molar-refractivity contribution in [2.45, 2.75) is 31.5 Å². The van der Waals surface area contributed by atoms with Crippen molar-refractivity contribution in [1.82, 2.24) is 25.2 Å². The van der Waals surface area contributed by atoms with Gasteiger partial charge in [0.2, 0.25) is 0 Å². The largest absolute Gasteiger partial charge is 0.460 e. The van der Waals surface area contributed by atoms with Crippen LogP contribution in [0.3, 0.4) is 0 Å². The lowest BCUT2D eigenvalue weighted by Crippen LogP contribution is -2.50. The number of aromatic nitrogens is 5. The van der Waals surface area contributed by atoms with Gasteiger partial charge in [-0.15, -0.1) is 10.2 Å². The summed E-state index contributed by atoms with van der Waals surface area (Å²) in [5.74, 6) is -14.1. The Hall–Kier alpha value is -2.47. The fourth-order valence-corrected chi connectivity index (χ4v) is 1.61. The van der Waals surface area contributed by atoms with Crippen molar-refractivity contribution < 1.29 is 30.7 Å². The Morgan fingerprint density at radius 3 is 2.25 bits per heavy atom. The molecule has 0 spiro atoms. The predicted octanol–water partition coefficient (Wildman–Crippen LogP) is 2.30. The number of nitrogens with zero attached hydrogens (tertiary/aromatic N) is 5. The summed E-state index contributed by atoms with van der Waals surface area (Å²) in [4.78, 5) is 4.38.